The number of nitrogens with one attached hydrogen (secondary N) is 2. The summed E-state index contributed by atoms with van der Waals surface area (Å²) in [5, 5.41) is 17.0. The van der Waals surface area contributed by atoms with E-state index in [2.05, 4.69) is 21.4 Å². The Bertz CT molecular complexity index is 612. The normalized spacial score (nSPS) is 11.4. The standard InChI is InChI=1S/C12H13N3O4/c1-4-5-8(12(18)19)13-10(16)9-6(2)7(3)14-15-11(9)17/h1,8H,5H2,2-3H3,(H,13,16)(H,15,17)(H,18,19). The van der Waals surface area contributed by atoms with Crippen LogP contribution in [0.15, 0.2) is 4.79 Å². The average Bonchev–Trinajstić information content (AvgIpc) is 2.33. The number of terminal acetylenes is 1. The monoisotopic (exact) mass is 263 g/mol. The van der Waals surface area contributed by atoms with E-state index in [9.17, 15) is 14.4 Å². The molecule has 0 aromatic carbocycles. The Morgan fingerprint density at radius 1 is 1.53 bits per heavy atom. The van der Waals surface area contributed by atoms with E-state index < -0.39 is 23.5 Å². The van der Waals surface area contributed by atoms with Gasteiger partial charge in [0.1, 0.15) is 11.6 Å². The molecule has 0 spiro atoms. The summed E-state index contributed by atoms with van der Waals surface area (Å²) < 4.78 is 0. The lowest BCUT2D eigenvalue weighted by atomic mass is 10.1. The molecule has 1 amide bonds. The van der Waals surface area contributed by atoms with E-state index in [1.165, 1.54) is 0 Å². The highest BCUT2D eigenvalue weighted by Crippen LogP contribution is 2.05. The molecule has 19 heavy (non-hydrogen) atoms. The van der Waals surface area contributed by atoms with Crippen molar-refractivity contribution < 1.29 is 14.7 Å². The number of rotatable bonds is 4. The zero-order valence-corrected chi connectivity index (χ0v) is 10.5. The van der Waals surface area contributed by atoms with Crippen LogP contribution in [0.4, 0.5) is 0 Å². The van der Waals surface area contributed by atoms with Crippen LogP contribution in [0, 0.1) is 26.2 Å². The van der Waals surface area contributed by atoms with E-state index in [4.69, 9.17) is 11.5 Å². The number of carboxylic acid groups (broad SMARTS) is 1. The quantitative estimate of drug-likeness (QED) is 0.639. The van der Waals surface area contributed by atoms with Crippen LogP contribution in [0.25, 0.3) is 0 Å². The number of nitrogens with zero attached hydrogens (tertiary/aromatic N) is 1. The lowest BCUT2D eigenvalue weighted by molar-refractivity contribution is -0.139. The third-order valence-corrected chi connectivity index (χ3v) is 2.62. The Morgan fingerprint density at radius 3 is 2.68 bits per heavy atom. The highest BCUT2D eigenvalue weighted by atomic mass is 16.4. The molecule has 1 rings (SSSR count). The van der Waals surface area contributed by atoms with Gasteiger partial charge >= 0.3 is 5.97 Å². The molecular formula is C12H13N3O4. The molecule has 0 bridgehead atoms. The smallest absolute Gasteiger partial charge is 0.327 e. The highest BCUT2D eigenvalue weighted by Gasteiger charge is 2.23. The SMILES string of the molecule is C#CCC(NC(=O)c1c(C)c(C)n[nH]c1=O)C(=O)O. The van der Waals surface area contributed by atoms with Gasteiger partial charge in [-0.3, -0.25) is 9.59 Å². The molecule has 3 N–H and O–H groups in total. The Kier molecular flexibility index (Phi) is 4.42. The zero-order valence-electron chi connectivity index (χ0n) is 10.5. The van der Waals surface area contributed by atoms with Crippen LogP contribution >= 0.6 is 0 Å². The first-order valence-corrected chi connectivity index (χ1v) is 5.41. The van der Waals surface area contributed by atoms with Crippen LogP contribution in [0.1, 0.15) is 28.0 Å². The molecule has 1 atom stereocenters. The lowest BCUT2D eigenvalue weighted by Crippen LogP contribution is -2.43. The summed E-state index contributed by atoms with van der Waals surface area (Å²) in [4.78, 5) is 34.4. The van der Waals surface area contributed by atoms with Gasteiger partial charge in [0.05, 0.1) is 5.69 Å². The van der Waals surface area contributed by atoms with Crippen molar-refractivity contribution >= 4 is 11.9 Å². The molecule has 0 aliphatic carbocycles. The predicted molar refractivity (Wildman–Crippen MR) is 66.7 cm³/mol. The van der Waals surface area contributed by atoms with Gasteiger partial charge in [0.15, 0.2) is 0 Å². The molecule has 0 aliphatic heterocycles. The third-order valence-electron chi connectivity index (χ3n) is 2.62. The van der Waals surface area contributed by atoms with Crippen LogP contribution in [-0.2, 0) is 4.79 Å². The first kappa shape index (κ1) is 14.4. The van der Waals surface area contributed by atoms with Gasteiger partial charge in [-0.25, -0.2) is 9.89 Å². The summed E-state index contributed by atoms with van der Waals surface area (Å²) in [6.45, 7) is 3.18. The van der Waals surface area contributed by atoms with Crippen molar-refractivity contribution in [1.29, 1.82) is 0 Å². The molecule has 7 nitrogen and oxygen atoms in total. The molecular weight excluding hydrogens is 250 g/mol. The van der Waals surface area contributed by atoms with Gasteiger partial charge in [0.2, 0.25) is 0 Å². The van der Waals surface area contributed by atoms with Gasteiger partial charge in [-0.05, 0) is 19.4 Å². The van der Waals surface area contributed by atoms with E-state index in [1.54, 1.807) is 13.8 Å². The number of aliphatic carboxylic acids is 1. The van der Waals surface area contributed by atoms with Gasteiger partial charge in [0, 0.05) is 6.42 Å². The van der Waals surface area contributed by atoms with E-state index in [-0.39, 0.29) is 12.0 Å². The molecule has 1 unspecified atom stereocenters. The van der Waals surface area contributed by atoms with Crippen LogP contribution in [0.5, 0.6) is 0 Å². The number of carboxylic acids is 1. The van der Waals surface area contributed by atoms with Crippen molar-refractivity contribution in [3.05, 3.63) is 27.2 Å². The van der Waals surface area contributed by atoms with Gasteiger partial charge in [0.25, 0.3) is 11.5 Å². The fourth-order valence-corrected chi connectivity index (χ4v) is 1.45. The maximum atomic E-state index is 11.9. The number of H-pyrrole nitrogens is 1. The van der Waals surface area contributed by atoms with E-state index >= 15 is 0 Å². The Labute approximate surface area is 109 Å². The summed E-state index contributed by atoms with van der Waals surface area (Å²) in [5.74, 6) is 0.109. The number of hydrogen-bond donors (Lipinski definition) is 3. The lowest BCUT2D eigenvalue weighted by Gasteiger charge is -2.12. The fourth-order valence-electron chi connectivity index (χ4n) is 1.45. The van der Waals surface area contributed by atoms with Crippen molar-refractivity contribution in [3.8, 4) is 12.3 Å². The zero-order chi connectivity index (χ0) is 14.6. The first-order chi connectivity index (χ1) is 8.88. The minimum atomic E-state index is -1.26. The first-order valence-electron chi connectivity index (χ1n) is 5.41. The van der Waals surface area contributed by atoms with Crippen LogP contribution in [-0.4, -0.2) is 33.2 Å². The number of amides is 1. The molecule has 0 saturated carbocycles. The second-order valence-electron chi connectivity index (χ2n) is 3.91. The largest absolute Gasteiger partial charge is 0.480 e. The van der Waals surface area contributed by atoms with Crippen molar-refractivity contribution in [3.63, 3.8) is 0 Å². The predicted octanol–water partition coefficient (Wildman–Crippen LogP) is -0.407. The van der Waals surface area contributed by atoms with Crippen molar-refractivity contribution in [1.82, 2.24) is 15.5 Å². The maximum absolute atomic E-state index is 11.9. The van der Waals surface area contributed by atoms with Gasteiger partial charge in [-0.1, -0.05) is 0 Å². The van der Waals surface area contributed by atoms with E-state index in [0.717, 1.165) is 0 Å². The van der Waals surface area contributed by atoms with Gasteiger partial charge in [-0.2, -0.15) is 5.10 Å². The second kappa shape index (κ2) is 5.82. The van der Waals surface area contributed by atoms with Crippen molar-refractivity contribution in [2.75, 3.05) is 0 Å². The molecule has 100 valence electrons. The van der Waals surface area contributed by atoms with E-state index in [1.807, 2.05) is 0 Å². The number of aromatic amines is 1. The number of hydrogen-bond acceptors (Lipinski definition) is 4. The molecule has 0 fully saturated rings. The fraction of sp³-hybridized carbons (Fsp3) is 0.333. The summed E-state index contributed by atoms with van der Waals surface area (Å²) in [5.41, 5.74) is 0.0425. The van der Waals surface area contributed by atoms with Crippen molar-refractivity contribution in [2.45, 2.75) is 26.3 Å². The molecule has 1 aromatic rings. The average molecular weight is 263 g/mol. The van der Waals surface area contributed by atoms with Gasteiger partial charge < -0.3 is 10.4 Å². The molecule has 0 saturated heterocycles. The van der Waals surface area contributed by atoms with Crippen LogP contribution < -0.4 is 10.9 Å². The van der Waals surface area contributed by atoms with E-state index in [0.29, 0.717) is 11.3 Å². The van der Waals surface area contributed by atoms with Crippen molar-refractivity contribution in [2.24, 2.45) is 0 Å². The Morgan fingerprint density at radius 2 is 2.16 bits per heavy atom. The minimum absolute atomic E-state index is 0.157. The summed E-state index contributed by atoms with van der Waals surface area (Å²) in [7, 11) is 0. The summed E-state index contributed by atoms with van der Waals surface area (Å²) in [6.07, 6.45) is 4.86. The topological polar surface area (TPSA) is 112 Å². The Balaban J connectivity index is 3.09. The highest BCUT2D eigenvalue weighted by molar-refractivity contribution is 5.97. The van der Waals surface area contributed by atoms with Gasteiger partial charge in [-0.15, -0.1) is 12.3 Å². The number of carbonyl (C=O) groups is 2. The molecule has 0 radical (unpaired) electrons. The molecule has 1 aromatic heterocycles. The molecule has 7 heteroatoms. The Hall–Kier alpha value is -2.62. The number of aromatic nitrogens is 2. The third kappa shape index (κ3) is 3.19. The summed E-state index contributed by atoms with van der Waals surface area (Å²) in [6, 6.07) is -1.23. The molecule has 1 heterocycles. The van der Waals surface area contributed by atoms with Crippen LogP contribution in [0.2, 0.25) is 0 Å². The summed E-state index contributed by atoms with van der Waals surface area (Å²) >= 11 is 0. The van der Waals surface area contributed by atoms with Crippen LogP contribution in [0.3, 0.4) is 0 Å². The number of carbonyl (C=O) groups excluding carboxylic acids is 1. The second-order valence-corrected chi connectivity index (χ2v) is 3.91. The maximum Gasteiger partial charge on any atom is 0.327 e. The minimum Gasteiger partial charge on any atom is -0.480 e. The molecule has 0 aliphatic rings. The number of aryl methyl sites for hydroxylation is 1.